The molecule has 2 rings (SSSR count). The highest BCUT2D eigenvalue weighted by atomic mass is 19.4. The monoisotopic (exact) mass is 217 g/mol. The van der Waals surface area contributed by atoms with Crippen LogP contribution in [0, 0.1) is 12.7 Å². The van der Waals surface area contributed by atoms with E-state index in [1.54, 1.807) is 0 Å². The zero-order chi connectivity index (χ0) is 11.2. The zero-order valence-corrected chi connectivity index (χ0v) is 7.74. The molecule has 80 valence electrons. The molecule has 0 unspecified atom stereocenters. The maximum atomic E-state index is 13.3. The van der Waals surface area contributed by atoms with Gasteiger partial charge in [0.2, 0.25) is 0 Å². The van der Waals surface area contributed by atoms with E-state index < -0.39 is 17.7 Å². The maximum absolute atomic E-state index is 13.3. The third-order valence-corrected chi connectivity index (χ3v) is 2.31. The van der Waals surface area contributed by atoms with Gasteiger partial charge in [0.25, 0.3) is 0 Å². The van der Waals surface area contributed by atoms with Crippen LogP contribution in [0.2, 0.25) is 0 Å². The topological polar surface area (TPSA) is 15.8 Å². The van der Waals surface area contributed by atoms with Crippen molar-refractivity contribution in [3.05, 3.63) is 35.3 Å². The van der Waals surface area contributed by atoms with Crippen molar-refractivity contribution in [1.29, 1.82) is 0 Å². The summed E-state index contributed by atoms with van der Waals surface area (Å²) < 4.78 is 50.7. The van der Waals surface area contributed by atoms with Gasteiger partial charge in [0.15, 0.2) is 0 Å². The van der Waals surface area contributed by atoms with E-state index in [1.165, 1.54) is 19.1 Å². The van der Waals surface area contributed by atoms with Gasteiger partial charge in [-0.25, -0.2) is 4.39 Å². The van der Waals surface area contributed by atoms with E-state index in [-0.39, 0.29) is 16.5 Å². The van der Waals surface area contributed by atoms with Crippen molar-refractivity contribution >= 4 is 10.9 Å². The molecule has 0 spiro atoms. The molecule has 15 heavy (non-hydrogen) atoms. The van der Waals surface area contributed by atoms with E-state index >= 15 is 0 Å². The lowest BCUT2D eigenvalue weighted by Gasteiger charge is -2.04. The van der Waals surface area contributed by atoms with Crippen molar-refractivity contribution in [1.82, 2.24) is 4.98 Å². The molecule has 0 amide bonds. The largest absolute Gasteiger partial charge is 0.431 e. The highest BCUT2D eigenvalue weighted by Crippen LogP contribution is 2.35. The van der Waals surface area contributed by atoms with Gasteiger partial charge in [-0.3, -0.25) is 0 Å². The lowest BCUT2D eigenvalue weighted by Crippen LogP contribution is -2.06. The van der Waals surface area contributed by atoms with Gasteiger partial charge in [0.1, 0.15) is 11.5 Å². The third-order valence-electron chi connectivity index (χ3n) is 2.31. The number of hydrogen-bond acceptors (Lipinski definition) is 0. The molecular weight excluding hydrogens is 210 g/mol. The Bertz CT molecular complexity index is 510. The second-order valence-corrected chi connectivity index (χ2v) is 3.29. The predicted octanol–water partition coefficient (Wildman–Crippen LogP) is 3.63. The van der Waals surface area contributed by atoms with Gasteiger partial charge in [-0.05, 0) is 24.6 Å². The number of aromatic nitrogens is 1. The van der Waals surface area contributed by atoms with Crippen LogP contribution < -0.4 is 0 Å². The number of aromatic amines is 1. The second-order valence-electron chi connectivity index (χ2n) is 3.29. The number of benzene rings is 1. The number of rotatable bonds is 0. The van der Waals surface area contributed by atoms with Crippen molar-refractivity contribution in [2.75, 3.05) is 0 Å². The Balaban J connectivity index is 2.82. The summed E-state index contributed by atoms with van der Waals surface area (Å²) in [5.74, 6) is -0.642. The number of alkyl halides is 3. The summed E-state index contributed by atoms with van der Waals surface area (Å²) in [6.45, 7) is 1.25. The van der Waals surface area contributed by atoms with Crippen molar-refractivity contribution in [2.24, 2.45) is 0 Å². The molecule has 2 aromatic rings. The van der Waals surface area contributed by atoms with Gasteiger partial charge in [0.05, 0.1) is 0 Å². The SMILES string of the molecule is Cc1c(C(F)(F)F)[nH]c2cccc(F)c12. The van der Waals surface area contributed by atoms with Crippen LogP contribution >= 0.6 is 0 Å². The molecule has 1 heterocycles. The molecule has 5 heteroatoms. The Morgan fingerprint density at radius 3 is 2.40 bits per heavy atom. The Morgan fingerprint density at radius 2 is 1.87 bits per heavy atom. The Hall–Kier alpha value is -1.52. The smallest absolute Gasteiger partial charge is 0.351 e. The molecule has 0 radical (unpaired) electrons. The van der Waals surface area contributed by atoms with Crippen LogP contribution in [-0.2, 0) is 6.18 Å². The van der Waals surface area contributed by atoms with E-state index in [0.29, 0.717) is 0 Å². The van der Waals surface area contributed by atoms with Gasteiger partial charge in [-0.2, -0.15) is 13.2 Å². The molecule has 1 aromatic heterocycles. The summed E-state index contributed by atoms with van der Waals surface area (Å²) in [5, 5.41) is 0.00447. The molecule has 0 bridgehead atoms. The molecule has 0 aliphatic carbocycles. The van der Waals surface area contributed by atoms with Gasteiger partial charge in [-0.1, -0.05) is 6.07 Å². The van der Waals surface area contributed by atoms with Gasteiger partial charge < -0.3 is 4.98 Å². The summed E-state index contributed by atoms with van der Waals surface area (Å²) in [6.07, 6.45) is -4.48. The summed E-state index contributed by atoms with van der Waals surface area (Å²) in [5.41, 5.74) is -0.821. The summed E-state index contributed by atoms with van der Waals surface area (Å²) >= 11 is 0. The van der Waals surface area contributed by atoms with E-state index in [9.17, 15) is 17.6 Å². The molecule has 0 aliphatic rings. The average Bonchev–Trinajstić information content (AvgIpc) is 2.44. The normalized spacial score (nSPS) is 12.3. The maximum Gasteiger partial charge on any atom is 0.431 e. The van der Waals surface area contributed by atoms with E-state index in [0.717, 1.165) is 6.07 Å². The quantitative estimate of drug-likeness (QED) is 0.648. The first kappa shape index (κ1) is 10.0. The molecule has 1 nitrogen and oxygen atoms in total. The number of fused-ring (bicyclic) bond motifs is 1. The minimum atomic E-state index is -4.48. The molecule has 0 fully saturated rings. The lowest BCUT2D eigenvalue weighted by atomic mass is 10.1. The van der Waals surface area contributed by atoms with Crippen LogP contribution in [0.15, 0.2) is 18.2 Å². The number of nitrogens with one attached hydrogen (secondary N) is 1. The Kier molecular flexibility index (Phi) is 1.99. The fourth-order valence-electron chi connectivity index (χ4n) is 1.65. The standard InChI is InChI=1S/C10H7F4N/c1-5-8-6(11)3-2-4-7(8)15-9(5)10(12,13)14/h2-4,15H,1H3. The van der Waals surface area contributed by atoms with Crippen molar-refractivity contribution < 1.29 is 17.6 Å². The number of halogens is 4. The van der Waals surface area contributed by atoms with Crippen LogP contribution in [0.4, 0.5) is 17.6 Å². The fraction of sp³-hybridized carbons (Fsp3) is 0.200. The van der Waals surface area contributed by atoms with Crippen LogP contribution in [0.3, 0.4) is 0 Å². The van der Waals surface area contributed by atoms with Gasteiger partial charge in [-0.15, -0.1) is 0 Å². The molecule has 0 saturated carbocycles. The van der Waals surface area contributed by atoms with Gasteiger partial charge >= 0.3 is 6.18 Å². The van der Waals surface area contributed by atoms with Crippen LogP contribution in [-0.4, -0.2) is 4.98 Å². The molecule has 1 N–H and O–H groups in total. The third kappa shape index (κ3) is 1.48. The first-order valence-electron chi connectivity index (χ1n) is 4.25. The minimum Gasteiger partial charge on any atom is -0.351 e. The highest BCUT2D eigenvalue weighted by Gasteiger charge is 2.35. The predicted molar refractivity (Wildman–Crippen MR) is 48.0 cm³/mol. The number of hydrogen-bond donors (Lipinski definition) is 1. The van der Waals surface area contributed by atoms with E-state index in [4.69, 9.17) is 0 Å². The lowest BCUT2D eigenvalue weighted by molar-refractivity contribution is -0.141. The van der Waals surface area contributed by atoms with Crippen LogP contribution in [0.1, 0.15) is 11.3 Å². The van der Waals surface area contributed by atoms with Crippen molar-refractivity contribution in [3.8, 4) is 0 Å². The highest BCUT2D eigenvalue weighted by molar-refractivity contribution is 5.85. The number of aryl methyl sites for hydroxylation is 1. The average molecular weight is 217 g/mol. The molecular formula is C10H7F4N. The molecule has 0 aliphatic heterocycles. The van der Waals surface area contributed by atoms with Crippen molar-refractivity contribution in [3.63, 3.8) is 0 Å². The Morgan fingerprint density at radius 1 is 1.20 bits per heavy atom. The first-order chi connectivity index (χ1) is 6.91. The summed E-state index contributed by atoms with van der Waals surface area (Å²) in [6, 6.07) is 3.93. The molecule has 0 saturated heterocycles. The first-order valence-corrected chi connectivity index (χ1v) is 4.25. The number of H-pyrrole nitrogens is 1. The zero-order valence-electron chi connectivity index (χ0n) is 7.74. The van der Waals surface area contributed by atoms with E-state index in [2.05, 4.69) is 4.98 Å². The van der Waals surface area contributed by atoms with Crippen molar-refractivity contribution in [2.45, 2.75) is 13.1 Å². The fourth-order valence-corrected chi connectivity index (χ4v) is 1.65. The minimum absolute atomic E-state index is 0.00447. The summed E-state index contributed by atoms with van der Waals surface area (Å²) in [4.78, 5) is 2.18. The summed E-state index contributed by atoms with van der Waals surface area (Å²) in [7, 11) is 0. The van der Waals surface area contributed by atoms with E-state index in [1.807, 2.05) is 0 Å². The van der Waals surface area contributed by atoms with Gasteiger partial charge in [0, 0.05) is 10.9 Å². The van der Waals surface area contributed by atoms with Crippen LogP contribution in [0.5, 0.6) is 0 Å². The molecule has 0 atom stereocenters. The second kappa shape index (κ2) is 2.98. The molecule has 1 aromatic carbocycles. The van der Waals surface area contributed by atoms with Crippen LogP contribution in [0.25, 0.3) is 10.9 Å². The Labute approximate surface area is 82.7 Å².